The normalized spacial score (nSPS) is 36.6. The Kier molecular flexibility index (Phi) is 2.23. The SMILES string of the molecule is O=C1O[C@H]2C[C@H]1N(C(=O)[C@@H]1CC=CCC1)C2. The summed E-state index contributed by atoms with van der Waals surface area (Å²) in [4.78, 5) is 25.4. The molecular weight excluding hydrogens is 206 g/mol. The van der Waals surface area contributed by atoms with Gasteiger partial charge in [0, 0.05) is 12.3 Å². The smallest absolute Gasteiger partial charge is 0.329 e. The number of likely N-dealkylation sites (tertiary alicyclic amines) is 1. The van der Waals surface area contributed by atoms with Gasteiger partial charge in [0.05, 0.1) is 6.54 Å². The average molecular weight is 221 g/mol. The van der Waals surface area contributed by atoms with Crippen molar-refractivity contribution in [1.29, 1.82) is 0 Å². The summed E-state index contributed by atoms with van der Waals surface area (Å²) in [6.07, 6.45) is 7.56. The van der Waals surface area contributed by atoms with Gasteiger partial charge < -0.3 is 9.64 Å². The number of morpholine rings is 1. The van der Waals surface area contributed by atoms with Crippen molar-refractivity contribution in [3.05, 3.63) is 12.2 Å². The number of ether oxygens (including phenoxy) is 1. The van der Waals surface area contributed by atoms with E-state index in [1.807, 2.05) is 0 Å². The molecule has 3 aliphatic rings. The first-order valence-corrected chi connectivity index (χ1v) is 5.91. The maximum Gasteiger partial charge on any atom is 0.329 e. The third-order valence-corrected chi connectivity index (χ3v) is 3.72. The Labute approximate surface area is 94.2 Å². The van der Waals surface area contributed by atoms with E-state index in [1.54, 1.807) is 4.90 Å². The minimum Gasteiger partial charge on any atom is -0.459 e. The Morgan fingerprint density at radius 2 is 2.31 bits per heavy atom. The first-order chi connectivity index (χ1) is 7.75. The summed E-state index contributed by atoms with van der Waals surface area (Å²) in [5.41, 5.74) is 0. The highest BCUT2D eigenvalue weighted by Gasteiger charge is 2.49. The lowest BCUT2D eigenvalue weighted by Gasteiger charge is -2.29. The van der Waals surface area contributed by atoms with Crippen LogP contribution in [0.1, 0.15) is 25.7 Å². The number of carbonyl (C=O) groups excluding carboxylic acids is 2. The Hall–Kier alpha value is -1.32. The van der Waals surface area contributed by atoms with Crippen LogP contribution in [0.4, 0.5) is 0 Å². The van der Waals surface area contributed by atoms with E-state index in [0.29, 0.717) is 13.0 Å². The van der Waals surface area contributed by atoms with E-state index in [1.165, 1.54) is 0 Å². The summed E-state index contributed by atoms with van der Waals surface area (Å²) in [5, 5.41) is 0. The van der Waals surface area contributed by atoms with E-state index in [2.05, 4.69) is 12.2 Å². The first-order valence-electron chi connectivity index (χ1n) is 5.91. The van der Waals surface area contributed by atoms with Crippen LogP contribution in [0.3, 0.4) is 0 Å². The molecule has 2 aliphatic heterocycles. The Balaban J connectivity index is 1.71. The predicted molar refractivity (Wildman–Crippen MR) is 56.5 cm³/mol. The molecule has 16 heavy (non-hydrogen) atoms. The molecule has 86 valence electrons. The van der Waals surface area contributed by atoms with Crippen LogP contribution in [-0.2, 0) is 14.3 Å². The van der Waals surface area contributed by atoms with Crippen LogP contribution >= 0.6 is 0 Å². The first kappa shape index (κ1) is 9.87. The van der Waals surface area contributed by atoms with Crippen LogP contribution in [0.2, 0.25) is 0 Å². The number of esters is 1. The van der Waals surface area contributed by atoms with Crippen LogP contribution in [0, 0.1) is 5.92 Å². The Bertz CT molecular complexity index is 363. The standard InChI is InChI=1S/C12H15NO3/c14-11(8-4-2-1-3-5-8)13-7-9-6-10(13)12(15)16-9/h1-2,8-10H,3-7H2/t8-,9+,10-/m1/s1. The molecule has 0 aromatic carbocycles. The number of carbonyl (C=O) groups is 2. The highest BCUT2D eigenvalue weighted by atomic mass is 16.6. The zero-order valence-electron chi connectivity index (χ0n) is 9.09. The van der Waals surface area contributed by atoms with Crippen molar-refractivity contribution >= 4 is 11.9 Å². The third kappa shape index (κ3) is 1.44. The summed E-state index contributed by atoms with van der Waals surface area (Å²) in [6.45, 7) is 0.607. The monoisotopic (exact) mass is 221 g/mol. The molecule has 2 bridgehead atoms. The number of amides is 1. The van der Waals surface area contributed by atoms with E-state index in [4.69, 9.17) is 4.74 Å². The van der Waals surface area contributed by atoms with Crippen molar-refractivity contribution < 1.29 is 14.3 Å². The molecule has 3 atom stereocenters. The molecule has 0 radical (unpaired) electrons. The molecule has 0 aromatic heterocycles. The lowest BCUT2D eigenvalue weighted by molar-refractivity contribution is -0.158. The number of hydrogen-bond donors (Lipinski definition) is 0. The molecule has 1 aliphatic carbocycles. The second-order valence-corrected chi connectivity index (χ2v) is 4.78. The van der Waals surface area contributed by atoms with Crippen LogP contribution in [-0.4, -0.2) is 35.5 Å². The van der Waals surface area contributed by atoms with Gasteiger partial charge in [-0.1, -0.05) is 12.2 Å². The molecule has 0 spiro atoms. The topological polar surface area (TPSA) is 46.6 Å². The minimum absolute atomic E-state index is 0.0411. The molecule has 4 heteroatoms. The van der Waals surface area contributed by atoms with E-state index in [9.17, 15) is 9.59 Å². The van der Waals surface area contributed by atoms with Gasteiger partial charge in [-0.05, 0) is 19.3 Å². The van der Waals surface area contributed by atoms with Crippen molar-refractivity contribution in [2.45, 2.75) is 37.8 Å². The fraction of sp³-hybridized carbons (Fsp3) is 0.667. The maximum absolute atomic E-state index is 12.2. The van der Waals surface area contributed by atoms with Crippen LogP contribution in [0.15, 0.2) is 12.2 Å². The van der Waals surface area contributed by atoms with Gasteiger partial charge in [-0.3, -0.25) is 4.79 Å². The average Bonchev–Trinajstić information content (AvgIpc) is 2.88. The molecule has 0 aromatic rings. The summed E-state index contributed by atoms with van der Waals surface area (Å²) in [6, 6.07) is -0.289. The fourth-order valence-electron chi connectivity index (χ4n) is 2.85. The number of nitrogens with zero attached hydrogens (tertiary/aromatic N) is 1. The second kappa shape index (κ2) is 3.61. The third-order valence-electron chi connectivity index (χ3n) is 3.72. The zero-order chi connectivity index (χ0) is 11.1. The molecule has 1 amide bonds. The van der Waals surface area contributed by atoms with Gasteiger partial charge in [0.15, 0.2) is 0 Å². The van der Waals surface area contributed by atoms with Crippen LogP contribution in [0.5, 0.6) is 0 Å². The van der Waals surface area contributed by atoms with Gasteiger partial charge in [-0.15, -0.1) is 0 Å². The molecule has 0 N–H and O–H groups in total. The zero-order valence-corrected chi connectivity index (χ0v) is 9.09. The van der Waals surface area contributed by atoms with Crippen molar-refractivity contribution in [1.82, 2.24) is 4.90 Å². The summed E-state index contributed by atoms with van der Waals surface area (Å²) in [7, 11) is 0. The van der Waals surface area contributed by atoms with Crippen molar-refractivity contribution in [2.75, 3.05) is 6.54 Å². The number of allylic oxidation sites excluding steroid dienone is 2. The van der Waals surface area contributed by atoms with E-state index >= 15 is 0 Å². The van der Waals surface area contributed by atoms with Gasteiger partial charge in [0.1, 0.15) is 12.1 Å². The molecule has 2 saturated heterocycles. The molecule has 2 heterocycles. The molecular formula is C12H15NO3. The van der Waals surface area contributed by atoms with Gasteiger partial charge in [-0.2, -0.15) is 0 Å². The lowest BCUT2D eigenvalue weighted by atomic mass is 9.93. The van der Waals surface area contributed by atoms with Gasteiger partial charge in [-0.25, -0.2) is 4.79 Å². The molecule has 0 saturated carbocycles. The minimum atomic E-state index is -0.289. The Morgan fingerprint density at radius 1 is 1.44 bits per heavy atom. The largest absolute Gasteiger partial charge is 0.459 e. The van der Waals surface area contributed by atoms with E-state index < -0.39 is 0 Å². The van der Waals surface area contributed by atoms with Gasteiger partial charge in [0.2, 0.25) is 5.91 Å². The highest BCUT2D eigenvalue weighted by molar-refractivity contribution is 5.88. The number of hydrogen-bond acceptors (Lipinski definition) is 3. The van der Waals surface area contributed by atoms with Crippen molar-refractivity contribution in [3.8, 4) is 0 Å². The molecule has 2 fully saturated rings. The quantitative estimate of drug-likeness (QED) is 0.487. The van der Waals surface area contributed by atoms with Crippen molar-refractivity contribution in [2.24, 2.45) is 5.92 Å². The number of fused-ring (bicyclic) bond motifs is 2. The summed E-state index contributed by atoms with van der Waals surface area (Å²) >= 11 is 0. The second-order valence-electron chi connectivity index (χ2n) is 4.78. The van der Waals surface area contributed by atoms with Gasteiger partial charge in [0.25, 0.3) is 0 Å². The predicted octanol–water partition coefficient (Wildman–Crippen LogP) is 0.869. The van der Waals surface area contributed by atoms with E-state index in [-0.39, 0.29) is 29.9 Å². The molecule has 4 nitrogen and oxygen atoms in total. The Morgan fingerprint density at radius 3 is 2.94 bits per heavy atom. The number of rotatable bonds is 1. The lowest BCUT2D eigenvalue weighted by Crippen LogP contribution is -2.46. The van der Waals surface area contributed by atoms with E-state index in [0.717, 1.165) is 19.3 Å². The van der Waals surface area contributed by atoms with Gasteiger partial charge >= 0.3 is 5.97 Å². The van der Waals surface area contributed by atoms with Crippen LogP contribution < -0.4 is 0 Å². The van der Waals surface area contributed by atoms with Crippen molar-refractivity contribution in [3.63, 3.8) is 0 Å². The fourth-order valence-corrected chi connectivity index (χ4v) is 2.85. The molecule has 3 rings (SSSR count). The summed E-state index contributed by atoms with van der Waals surface area (Å²) in [5.74, 6) is 0.0154. The summed E-state index contributed by atoms with van der Waals surface area (Å²) < 4.78 is 5.08. The maximum atomic E-state index is 12.2. The highest BCUT2D eigenvalue weighted by Crippen LogP contribution is 2.32. The molecule has 0 unspecified atom stereocenters. The van der Waals surface area contributed by atoms with Crippen LogP contribution in [0.25, 0.3) is 0 Å².